The Morgan fingerprint density at radius 1 is 1.35 bits per heavy atom. The van der Waals surface area contributed by atoms with E-state index in [-0.39, 0.29) is 6.61 Å². The largest absolute Gasteiger partial charge is 0.488 e. The molecule has 3 heterocycles. The third-order valence-electron chi connectivity index (χ3n) is 3.58. The van der Waals surface area contributed by atoms with Crippen molar-refractivity contribution in [2.45, 2.75) is 13.5 Å². The molecule has 26 heavy (non-hydrogen) atoms. The van der Waals surface area contributed by atoms with E-state index >= 15 is 0 Å². The van der Waals surface area contributed by atoms with E-state index < -0.39 is 0 Å². The molecule has 0 atom stereocenters. The van der Waals surface area contributed by atoms with Gasteiger partial charge < -0.3 is 4.74 Å². The van der Waals surface area contributed by atoms with Gasteiger partial charge in [0.15, 0.2) is 0 Å². The number of hydrogen-bond donors (Lipinski definition) is 0. The summed E-state index contributed by atoms with van der Waals surface area (Å²) >= 11 is 5.33. The number of aromatic nitrogens is 6. The molecule has 0 aliphatic rings. The lowest BCUT2D eigenvalue weighted by atomic mass is 10.3. The Kier molecular flexibility index (Phi) is 5.33. The summed E-state index contributed by atoms with van der Waals surface area (Å²) in [6, 6.07) is 1.82. The molecule has 0 saturated carbocycles. The van der Waals surface area contributed by atoms with E-state index in [2.05, 4.69) is 26.7 Å². The van der Waals surface area contributed by atoms with Crippen LogP contribution >= 0.6 is 12.2 Å². The molecule has 0 fully saturated rings. The Morgan fingerprint density at radius 3 is 2.88 bits per heavy atom. The minimum Gasteiger partial charge on any atom is -0.488 e. The molecule has 0 spiro atoms. The number of ether oxygens (including phenoxy) is 1. The molecule has 0 unspecified atom stereocenters. The molecule has 0 saturated heterocycles. The zero-order valence-electron chi connectivity index (χ0n) is 14.5. The average Bonchev–Trinajstić information content (AvgIpc) is 3.07. The van der Waals surface area contributed by atoms with E-state index in [1.54, 1.807) is 40.2 Å². The van der Waals surface area contributed by atoms with Crippen molar-refractivity contribution in [2.24, 2.45) is 7.05 Å². The summed E-state index contributed by atoms with van der Waals surface area (Å²) in [6.07, 6.45) is 12.3. The zero-order valence-corrected chi connectivity index (χ0v) is 15.3. The molecule has 132 valence electrons. The molecule has 3 aromatic rings. The highest BCUT2D eigenvalue weighted by Crippen LogP contribution is 2.10. The van der Waals surface area contributed by atoms with Crippen LogP contribution in [-0.4, -0.2) is 29.5 Å². The van der Waals surface area contributed by atoms with Gasteiger partial charge in [-0.25, -0.2) is 4.68 Å². The fourth-order valence-corrected chi connectivity index (χ4v) is 2.34. The second-order valence-electron chi connectivity index (χ2n) is 5.56. The molecule has 0 aromatic carbocycles. The maximum Gasteiger partial charge on any atom is 0.133 e. The SMILES string of the molecule is C=C(/C=C\c1nccnc1C)OCc1nn(-c2cnn(C)c2)ccc1=S. The maximum atomic E-state index is 5.67. The van der Waals surface area contributed by atoms with Crippen LogP contribution in [0.3, 0.4) is 0 Å². The number of aryl methyl sites for hydroxylation is 2. The van der Waals surface area contributed by atoms with Gasteiger partial charge in [0, 0.05) is 25.6 Å². The molecule has 0 amide bonds. The van der Waals surface area contributed by atoms with Crippen LogP contribution in [0, 0.1) is 11.4 Å². The fourth-order valence-electron chi connectivity index (χ4n) is 2.18. The van der Waals surface area contributed by atoms with Crippen LogP contribution in [-0.2, 0) is 18.4 Å². The Balaban J connectivity index is 1.68. The first-order valence-corrected chi connectivity index (χ1v) is 8.29. The van der Waals surface area contributed by atoms with E-state index in [4.69, 9.17) is 17.0 Å². The average molecular weight is 366 g/mol. The lowest BCUT2D eigenvalue weighted by molar-refractivity contribution is 0.207. The molecule has 8 heteroatoms. The number of nitrogens with zero attached hydrogens (tertiary/aromatic N) is 6. The first-order valence-electron chi connectivity index (χ1n) is 7.88. The van der Waals surface area contributed by atoms with Gasteiger partial charge in [0.2, 0.25) is 0 Å². The molecule has 0 aliphatic carbocycles. The monoisotopic (exact) mass is 366 g/mol. The molecule has 3 aromatic heterocycles. The molecular weight excluding hydrogens is 348 g/mol. The lowest BCUT2D eigenvalue weighted by Crippen LogP contribution is -2.05. The van der Waals surface area contributed by atoms with Crippen LogP contribution in [0.5, 0.6) is 0 Å². The number of rotatable bonds is 6. The van der Waals surface area contributed by atoms with Crippen molar-refractivity contribution in [3.05, 3.63) is 77.1 Å². The van der Waals surface area contributed by atoms with E-state index in [0.717, 1.165) is 17.1 Å². The molecule has 0 radical (unpaired) electrons. The summed E-state index contributed by atoms with van der Waals surface area (Å²) in [5.41, 5.74) is 3.11. The van der Waals surface area contributed by atoms with Crippen molar-refractivity contribution in [1.82, 2.24) is 29.5 Å². The number of allylic oxidation sites excluding steroid dienone is 1. The van der Waals surface area contributed by atoms with E-state index in [9.17, 15) is 0 Å². The molecule has 7 nitrogen and oxygen atoms in total. The van der Waals surface area contributed by atoms with Crippen molar-refractivity contribution in [3.63, 3.8) is 0 Å². The summed E-state index contributed by atoms with van der Waals surface area (Å²) in [4.78, 5) is 8.43. The molecular formula is C18H18N6OS. The topological polar surface area (TPSA) is 70.7 Å². The second-order valence-corrected chi connectivity index (χ2v) is 6.00. The van der Waals surface area contributed by atoms with Crippen LogP contribution in [0.15, 0.2) is 55.5 Å². The van der Waals surface area contributed by atoms with E-state index in [0.29, 0.717) is 16.0 Å². The van der Waals surface area contributed by atoms with Gasteiger partial charge in [0.05, 0.1) is 28.3 Å². The van der Waals surface area contributed by atoms with Gasteiger partial charge in [-0.2, -0.15) is 10.2 Å². The van der Waals surface area contributed by atoms with Gasteiger partial charge in [-0.05, 0) is 25.1 Å². The summed E-state index contributed by atoms with van der Waals surface area (Å²) in [7, 11) is 1.85. The van der Waals surface area contributed by atoms with Crippen LogP contribution in [0.1, 0.15) is 17.1 Å². The quantitative estimate of drug-likeness (QED) is 0.379. The lowest BCUT2D eigenvalue weighted by Gasteiger charge is -2.08. The van der Waals surface area contributed by atoms with Gasteiger partial charge in [0.25, 0.3) is 0 Å². The predicted octanol–water partition coefficient (Wildman–Crippen LogP) is 3.18. The van der Waals surface area contributed by atoms with Gasteiger partial charge in [0.1, 0.15) is 23.7 Å². The minimum absolute atomic E-state index is 0.225. The third-order valence-corrected chi connectivity index (χ3v) is 3.95. The summed E-state index contributed by atoms with van der Waals surface area (Å²) in [5.74, 6) is 0.489. The van der Waals surface area contributed by atoms with Crippen LogP contribution < -0.4 is 0 Å². The second kappa shape index (κ2) is 7.83. The van der Waals surface area contributed by atoms with Gasteiger partial charge in [-0.15, -0.1) is 0 Å². The van der Waals surface area contributed by atoms with Crippen molar-refractivity contribution in [1.29, 1.82) is 0 Å². The normalized spacial score (nSPS) is 11.0. The highest BCUT2D eigenvalue weighted by molar-refractivity contribution is 7.71. The third kappa shape index (κ3) is 4.28. The Morgan fingerprint density at radius 2 is 2.15 bits per heavy atom. The minimum atomic E-state index is 0.225. The van der Waals surface area contributed by atoms with Crippen molar-refractivity contribution in [3.8, 4) is 5.69 Å². The maximum absolute atomic E-state index is 5.67. The van der Waals surface area contributed by atoms with Gasteiger partial charge in [-0.1, -0.05) is 18.8 Å². The van der Waals surface area contributed by atoms with E-state index in [1.807, 2.05) is 32.3 Å². The first kappa shape index (κ1) is 17.7. The van der Waals surface area contributed by atoms with Gasteiger partial charge in [-0.3, -0.25) is 14.6 Å². The van der Waals surface area contributed by atoms with Crippen LogP contribution in [0.4, 0.5) is 0 Å². The Labute approximate surface area is 156 Å². The molecule has 0 aliphatic heterocycles. The smallest absolute Gasteiger partial charge is 0.133 e. The summed E-state index contributed by atoms with van der Waals surface area (Å²) < 4.78 is 9.73. The molecule has 0 bridgehead atoms. The summed E-state index contributed by atoms with van der Waals surface area (Å²) in [5, 5.41) is 8.65. The Bertz CT molecular complexity index is 1020. The fraction of sp³-hybridized carbons (Fsp3) is 0.167. The highest BCUT2D eigenvalue weighted by atomic mass is 32.1. The van der Waals surface area contributed by atoms with Crippen molar-refractivity contribution >= 4 is 18.3 Å². The Hall–Kier alpha value is -3.13. The summed E-state index contributed by atoms with van der Waals surface area (Å²) in [6.45, 7) is 6.01. The van der Waals surface area contributed by atoms with Gasteiger partial charge >= 0.3 is 0 Å². The van der Waals surface area contributed by atoms with E-state index in [1.165, 1.54) is 0 Å². The standard InChI is InChI=1S/C18H18N6OS/c1-13(4-5-16-14(2)19-7-8-20-16)25-12-17-18(26)6-9-24(22-17)15-10-21-23(3)11-15/h4-11H,1,12H2,2-3H3/b5-4-. The zero-order chi connectivity index (χ0) is 18.5. The van der Waals surface area contributed by atoms with Crippen molar-refractivity contribution < 1.29 is 4.74 Å². The number of hydrogen-bond acceptors (Lipinski definition) is 6. The predicted molar refractivity (Wildman–Crippen MR) is 101 cm³/mol. The first-order chi connectivity index (χ1) is 12.5. The van der Waals surface area contributed by atoms with Crippen LogP contribution in [0.25, 0.3) is 11.8 Å². The highest BCUT2D eigenvalue weighted by Gasteiger charge is 2.04. The van der Waals surface area contributed by atoms with Crippen molar-refractivity contribution in [2.75, 3.05) is 0 Å². The molecule has 3 rings (SSSR count). The van der Waals surface area contributed by atoms with Crippen LogP contribution in [0.2, 0.25) is 0 Å². The molecule has 0 N–H and O–H groups in total.